The van der Waals surface area contributed by atoms with Crippen molar-refractivity contribution in [1.82, 2.24) is 35.4 Å². The number of thiazole rings is 1. The molecule has 2 saturated carbocycles. The topological polar surface area (TPSA) is 136 Å². The molecule has 2 aromatic rings. The number of halogens is 3. The van der Waals surface area contributed by atoms with Crippen molar-refractivity contribution in [2.75, 3.05) is 43.6 Å². The number of hydrogen-bond donors (Lipinski definition) is 3. The maximum Gasteiger partial charge on any atom is 0.406 e. The molecule has 212 valence electrons. The van der Waals surface area contributed by atoms with Gasteiger partial charge < -0.3 is 25.8 Å². The molecule has 0 aromatic carbocycles. The summed E-state index contributed by atoms with van der Waals surface area (Å²) in [5.74, 6) is 1.02. The van der Waals surface area contributed by atoms with Crippen LogP contribution in [0, 0.1) is 11.8 Å². The maximum atomic E-state index is 13.4. The first kappa shape index (κ1) is 26.3. The highest BCUT2D eigenvalue weighted by Crippen LogP contribution is 2.47. The van der Waals surface area contributed by atoms with Gasteiger partial charge in [-0.1, -0.05) is 0 Å². The second-order valence-corrected chi connectivity index (χ2v) is 11.2. The monoisotopic (exact) mass is 577 g/mol. The lowest BCUT2D eigenvalue weighted by Crippen LogP contribution is -2.50. The van der Waals surface area contributed by atoms with E-state index in [0.717, 1.165) is 24.9 Å². The molecule has 40 heavy (non-hydrogen) atoms. The first-order chi connectivity index (χ1) is 19.1. The van der Waals surface area contributed by atoms with Gasteiger partial charge in [-0.2, -0.15) is 13.2 Å². The average Bonchev–Trinajstić information content (AvgIpc) is 3.71. The number of piperidine rings is 1. The minimum Gasteiger partial charge on any atom is -0.373 e. The number of alkyl halides is 3. The third-order valence-corrected chi connectivity index (χ3v) is 8.56. The summed E-state index contributed by atoms with van der Waals surface area (Å²) in [5.41, 5.74) is -0.691. The Morgan fingerprint density at radius 2 is 1.95 bits per heavy atom. The van der Waals surface area contributed by atoms with Gasteiger partial charge in [-0.3, -0.25) is 19.3 Å². The molecule has 12 nitrogen and oxygen atoms in total. The Morgan fingerprint density at radius 1 is 1.25 bits per heavy atom. The Labute approximate surface area is 230 Å². The Kier molecular flexibility index (Phi) is 6.31. The summed E-state index contributed by atoms with van der Waals surface area (Å²) in [6, 6.07) is 0. The lowest BCUT2D eigenvalue weighted by atomic mass is 10.1. The number of nitrogens with one attached hydrogen (secondary N) is 3. The lowest BCUT2D eigenvalue weighted by Gasteiger charge is -2.31. The number of hydrogen-bond acceptors (Lipinski definition) is 11. The van der Waals surface area contributed by atoms with Crippen molar-refractivity contribution in [2.45, 2.75) is 31.0 Å². The van der Waals surface area contributed by atoms with Crippen LogP contribution in [0.25, 0.3) is 10.6 Å². The van der Waals surface area contributed by atoms with Crippen LogP contribution in [0.1, 0.15) is 19.3 Å². The number of carbonyl (C=O) groups excluding carboxylic acids is 3. The van der Waals surface area contributed by atoms with Crippen molar-refractivity contribution < 1.29 is 27.6 Å². The Bertz CT molecular complexity index is 1370. The van der Waals surface area contributed by atoms with E-state index in [-0.39, 0.29) is 29.5 Å². The normalized spacial score (nSPS) is 22.5. The average molecular weight is 578 g/mol. The minimum absolute atomic E-state index is 0.00606. The number of rotatable bonds is 9. The molecular weight excluding hydrogens is 551 g/mol. The highest BCUT2D eigenvalue weighted by molar-refractivity contribution is 7.13. The number of aromatic nitrogens is 3. The van der Waals surface area contributed by atoms with Crippen LogP contribution < -0.4 is 20.9 Å². The van der Waals surface area contributed by atoms with E-state index in [1.807, 2.05) is 0 Å². The van der Waals surface area contributed by atoms with Crippen LogP contribution in [0.15, 0.2) is 29.3 Å². The number of fused-ring (bicyclic) bond motifs is 1. The number of carbonyl (C=O) groups is 3. The molecule has 4 aliphatic rings. The summed E-state index contributed by atoms with van der Waals surface area (Å²) < 4.78 is 38.9. The van der Waals surface area contributed by atoms with Crippen molar-refractivity contribution in [3.8, 4) is 10.6 Å². The fraction of sp³-hybridized carbons (Fsp3) is 0.500. The number of nitrogens with zero attached hydrogens (tertiary/aromatic N) is 6. The van der Waals surface area contributed by atoms with Crippen molar-refractivity contribution in [3.05, 3.63) is 29.3 Å². The molecule has 6 rings (SSSR count). The van der Waals surface area contributed by atoms with Crippen LogP contribution in [0.3, 0.4) is 0 Å². The third kappa shape index (κ3) is 4.80. The lowest BCUT2D eigenvalue weighted by molar-refractivity contribution is -0.163. The van der Waals surface area contributed by atoms with Gasteiger partial charge in [-0.25, -0.2) is 15.0 Å². The zero-order valence-corrected chi connectivity index (χ0v) is 22.2. The van der Waals surface area contributed by atoms with Gasteiger partial charge in [0.05, 0.1) is 6.67 Å². The predicted octanol–water partition coefficient (Wildman–Crippen LogP) is 1.33. The molecule has 16 heteroatoms. The van der Waals surface area contributed by atoms with Gasteiger partial charge in [-0.05, 0) is 31.1 Å². The molecule has 0 radical (unpaired) electrons. The van der Waals surface area contributed by atoms with Crippen LogP contribution in [-0.2, 0) is 14.4 Å². The van der Waals surface area contributed by atoms with E-state index < -0.39 is 30.1 Å². The summed E-state index contributed by atoms with van der Waals surface area (Å²) >= 11 is 1.30. The summed E-state index contributed by atoms with van der Waals surface area (Å²) in [5, 5.41) is 10.7. The molecule has 3 N–H and O–H groups in total. The molecule has 2 unspecified atom stereocenters. The zero-order chi connectivity index (χ0) is 28.2. The molecule has 2 aliphatic carbocycles. The van der Waals surface area contributed by atoms with Gasteiger partial charge in [0, 0.05) is 43.5 Å². The van der Waals surface area contributed by atoms with E-state index >= 15 is 0 Å². The zero-order valence-electron chi connectivity index (χ0n) is 21.4. The third-order valence-electron chi connectivity index (χ3n) is 7.67. The molecule has 2 aromatic heterocycles. The molecule has 4 heterocycles. The van der Waals surface area contributed by atoms with E-state index in [4.69, 9.17) is 0 Å². The van der Waals surface area contributed by atoms with Crippen LogP contribution in [0.2, 0.25) is 0 Å². The summed E-state index contributed by atoms with van der Waals surface area (Å²) in [6.07, 6.45) is 0.487. The largest absolute Gasteiger partial charge is 0.406 e. The van der Waals surface area contributed by atoms with E-state index in [0.29, 0.717) is 35.2 Å². The second-order valence-electron chi connectivity index (χ2n) is 10.3. The molecule has 0 bridgehead atoms. The Balaban J connectivity index is 1.15. The molecule has 2 aliphatic heterocycles. The Hall–Kier alpha value is -3.95. The van der Waals surface area contributed by atoms with Crippen LogP contribution in [0.5, 0.6) is 0 Å². The first-order valence-electron chi connectivity index (χ1n) is 12.7. The molecule has 3 amide bonds. The summed E-state index contributed by atoms with van der Waals surface area (Å²) in [7, 11) is 1.48. The van der Waals surface area contributed by atoms with Gasteiger partial charge in [0.1, 0.15) is 34.4 Å². The number of amides is 3. The first-order valence-corrected chi connectivity index (χ1v) is 13.6. The minimum atomic E-state index is -4.77. The van der Waals surface area contributed by atoms with Gasteiger partial charge >= 0.3 is 6.18 Å². The van der Waals surface area contributed by atoms with Crippen LogP contribution >= 0.6 is 11.3 Å². The van der Waals surface area contributed by atoms with Gasteiger partial charge in [-0.15, -0.1) is 11.3 Å². The fourth-order valence-corrected chi connectivity index (χ4v) is 6.05. The SMILES string of the molecule is CNC1=C(C(=O)N(C=O)CC(F)(F)F)N(C2(C(=O)Nc3csc(-c4cnc(N5CC6CC6C5)nc4)n3)CC2)CN1. The Morgan fingerprint density at radius 3 is 2.55 bits per heavy atom. The van der Waals surface area contributed by atoms with E-state index in [1.54, 1.807) is 17.8 Å². The maximum absolute atomic E-state index is 13.4. The van der Waals surface area contributed by atoms with E-state index in [1.165, 1.54) is 29.7 Å². The summed E-state index contributed by atoms with van der Waals surface area (Å²) in [4.78, 5) is 54.9. The molecule has 1 saturated heterocycles. The van der Waals surface area contributed by atoms with Gasteiger partial charge in [0.25, 0.3) is 11.8 Å². The fourth-order valence-electron chi connectivity index (χ4n) is 5.33. The molecule has 3 fully saturated rings. The second kappa shape index (κ2) is 9.60. The van der Waals surface area contributed by atoms with Gasteiger partial charge in [0.2, 0.25) is 12.4 Å². The molecular formula is C24H26F3N9O3S. The van der Waals surface area contributed by atoms with Gasteiger partial charge in [0.15, 0.2) is 0 Å². The van der Waals surface area contributed by atoms with Crippen LogP contribution in [-0.4, -0.2) is 88.0 Å². The van der Waals surface area contributed by atoms with Crippen molar-refractivity contribution in [3.63, 3.8) is 0 Å². The molecule has 0 spiro atoms. The predicted molar refractivity (Wildman–Crippen MR) is 137 cm³/mol. The van der Waals surface area contributed by atoms with E-state index in [9.17, 15) is 27.6 Å². The standard InChI is InChI=1S/C24H26F3N9O3S/c1-28-18-17(20(38)35(12-37)10-24(25,26)27)36(11-31-18)23(2-3-23)21(39)33-16-9-40-19(32-16)15-5-29-22(30-6-15)34-7-13-4-14(13)8-34/h5-6,9,12-14,28,31H,2-4,7-8,10-11H2,1H3,(H,33,39). The van der Waals surface area contributed by atoms with Crippen molar-refractivity contribution in [2.24, 2.45) is 11.8 Å². The highest BCUT2D eigenvalue weighted by atomic mass is 32.1. The highest BCUT2D eigenvalue weighted by Gasteiger charge is 2.58. The number of imide groups is 1. The number of anilines is 2. The smallest absolute Gasteiger partial charge is 0.373 e. The molecule has 2 atom stereocenters. The summed E-state index contributed by atoms with van der Waals surface area (Å²) in [6.45, 7) is 0.223. The van der Waals surface area contributed by atoms with Crippen molar-refractivity contribution >= 4 is 41.3 Å². The van der Waals surface area contributed by atoms with Crippen molar-refractivity contribution in [1.29, 1.82) is 0 Å². The quantitative estimate of drug-likeness (QED) is 0.375. The van der Waals surface area contributed by atoms with E-state index in [2.05, 4.69) is 35.8 Å². The van der Waals surface area contributed by atoms with Crippen LogP contribution in [0.4, 0.5) is 24.9 Å².